The van der Waals surface area contributed by atoms with E-state index in [1.165, 1.54) is 37.9 Å². The summed E-state index contributed by atoms with van der Waals surface area (Å²) in [5.41, 5.74) is 10.9. The van der Waals surface area contributed by atoms with Crippen molar-refractivity contribution >= 4 is 37.9 Å². The number of hydrogen-bond acceptors (Lipinski definition) is 3. The third-order valence-corrected chi connectivity index (χ3v) is 11.9. The zero-order valence-electron chi connectivity index (χ0n) is 32.9. The summed E-state index contributed by atoms with van der Waals surface area (Å²) in [5, 5.41) is 7.58. The van der Waals surface area contributed by atoms with Crippen molar-refractivity contribution in [2.45, 2.75) is 12.3 Å². The molecule has 0 spiro atoms. The van der Waals surface area contributed by atoms with Crippen molar-refractivity contribution in [1.82, 2.24) is 15.0 Å². The maximum atomic E-state index is 5.31. The first-order chi connectivity index (χ1) is 29.7. The van der Waals surface area contributed by atoms with Gasteiger partial charge in [0.25, 0.3) is 0 Å². The topological polar surface area (TPSA) is 38.7 Å². The fraction of sp³-hybridized carbons (Fsp3) is 0.0351. The van der Waals surface area contributed by atoms with Gasteiger partial charge in [-0.1, -0.05) is 206 Å². The minimum Gasteiger partial charge on any atom is -0.208 e. The summed E-state index contributed by atoms with van der Waals surface area (Å²) < 4.78 is 0. The van der Waals surface area contributed by atoms with E-state index in [1.807, 2.05) is 6.07 Å². The van der Waals surface area contributed by atoms with Crippen LogP contribution in [0, 0.1) is 0 Å². The lowest BCUT2D eigenvalue weighted by Crippen LogP contribution is -2.06. The van der Waals surface area contributed by atoms with Crippen LogP contribution < -0.4 is 0 Å². The Morgan fingerprint density at radius 3 is 1.57 bits per heavy atom. The Kier molecular flexibility index (Phi) is 8.98. The van der Waals surface area contributed by atoms with Crippen LogP contribution in [0.3, 0.4) is 0 Å². The average molecular weight is 766 g/mol. The largest absolute Gasteiger partial charge is 0.208 e. The second-order valence-electron chi connectivity index (χ2n) is 15.5. The molecule has 1 unspecified atom stereocenters. The Hall–Kier alpha value is -7.75. The number of hydrogen-bond donors (Lipinski definition) is 0. The summed E-state index contributed by atoms with van der Waals surface area (Å²) in [7, 11) is 0. The van der Waals surface area contributed by atoms with Gasteiger partial charge in [0, 0.05) is 22.6 Å². The van der Waals surface area contributed by atoms with Gasteiger partial charge in [-0.3, -0.25) is 0 Å². The molecule has 0 N–H and O–H groups in total. The SMILES string of the molecule is C1=CC(c2nc(-c3cccc(-c4ccccc4)c3)nc(-c3ccccc3-c3ccccc3-c3ccc4c5ccccc5c5ccccc5c4c3)n2)=CC(c2ccccc2)C1. The van der Waals surface area contributed by atoms with Gasteiger partial charge in [0.2, 0.25) is 0 Å². The highest BCUT2D eigenvalue weighted by molar-refractivity contribution is 6.25. The molecule has 1 aromatic heterocycles. The van der Waals surface area contributed by atoms with E-state index >= 15 is 0 Å². The van der Waals surface area contributed by atoms with Crippen molar-refractivity contribution in [3.05, 3.63) is 230 Å². The first-order valence-corrected chi connectivity index (χ1v) is 20.6. The van der Waals surface area contributed by atoms with Crippen LogP contribution in [0.1, 0.15) is 23.7 Å². The van der Waals surface area contributed by atoms with Gasteiger partial charge in [0.05, 0.1) is 0 Å². The molecule has 1 aliphatic rings. The third-order valence-electron chi connectivity index (χ3n) is 11.9. The van der Waals surface area contributed by atoms with Crippen molar-refractivity contribution in [1.29, 1.82) is 0 Å². The molecule has 0 amide bonds. The molecule has 60 heavy (non-hydrogen) atoms. The Morgan fingerprint density at radius 1 is 0.333 bits per heavy atom. The smallest absolute Gasteiger partial charge is 0.164 e. The number of benzene rings is 9. The van der Waals surface area contributed by atoms with Crippen LogP contribution >= 0.6 is 0 Å². The lowest BCUT2D eigenvalue weighted by Gasteiger charge is -2.18. The van der Waals surface area contributed by atoms with Gasteiger partial charge in [0.15, 0.2) is 17.5 Å². The van der Waals surface area contributed by atoms with E-state index < -0.39 is 0 Å². The number of nitrogens with zero attached hydrogens (tertiary/aromatic N) is 3. The first kappa shape index (κ1) is 35.4. The van der Waals surface area contributed by atoms with Gasteiger partial charge in [-0.2, -0.15) is 0 Å². The monoisotopic (exact) mass is 765 g/mol. The zero-order chi connectivity index (χ0) is 39.8. The average Bonchev–Trinajstić information content (AvgIpc) is 3.34. The molecule has 9 aromatic carbocycles. The molecule has 1 heterocycles. The molecule has 0 aliphatic heterocycles. The van der Waals surface area contributed by atoms with Gasteiger partial charge in [-0.05, 0) is 89.8 Å². The molecule has 0 radical (unpaired) electrons. The summed E-state index contributed by atoms with van der Waals surface area (Å²) >= 11 is 0. The molecule has 11 rings (SSSR count). The molecule has 3 nitrogen and oxygen atoms in total. The molecule has 282 valence electrons. The molecule has 10 aromatic rings. The van der Waals surface area contributed by atoms with Gasteiger partial charge in [-0.15, -0.1) is 0 Å². The predicted molar refractivity (Wildman–Crippen MR) is 250 cm³/mol. The Bertz CT molecular complexity index is 3260. The molecule has 0 saturated heterocycles. The van der Waals surface area contributed by atoms with Gasteiger partial charge in [-0.25, -0.2) is 15.0 Å². The minimum absolute atomic E-state index is 0.229. The van der Waals surface area contributed by atoms with Crippen LogP contribution in [0.2, 0.25) is 0 Å². The summed E-state index contributed by atoms with van der Waals surface area (Å²) in [6.07, 6.45) is 7.65. The van der Waals surface area contributed by atoms with Crippen molar-refractivity contribution < 1.29 is 0 Å². The van der Waals surface area contributed by atoms with E-state index in [0.717, 1.165) is 56.5 Å². The second kappa shape index (κ2) is 15.2. The fourth-order valence-electron chi connectivity index (χ4n) is 8.94. The molecule has 0 fully saturated rings. The van der Waals surface area contributed by atoms with E-state index in [2.05, 4.69) is 212 Å². The molecular formula is C57H39N3. The Morgan fingerprint density at radius 2 is 0.850 bits per heavy atom. The number of fused-ring (bicyclic) bond motifs is 6. The van der Waals surface area contributed by atoms with Crippen LogP contribution in [0.5, 0.6) is 0 Å². The first-order valence-electron chi connectivity index (χ1n) is 20.6. The summed E-state index contributed by atoms with van der Waals surface area (Å²) in [6.45, 7) is 0. The molecule has 1 atom stereocenters. The van der Waals surface area contributed by atoms with E-state index in [1.54, 1.807) is 0 Å². The van der Waals surface area contributed by atoms with Crippen molar-refractivity contribution in [3.63, 3.8) is 0 Å². The minimum atomic E-state index is 0.229. The highest BCUT2D eigenvalue weighted by Gasteiger charge is 2.21. The molecular weight excluding hydrogens is 727 g/mol. The van der Waals surface area contributed by atoms with E-state index in [0.29, 0.717) is 17.5 Å². The van der Waals surface area contributed by atoms with E-state index in [-0.39, 0.29) is 5.92 Å². The number of allylic oxidation sites excluding steroid dienone is 4. The second-order valence-corrected chi connectivity index (χ2v) is 15.5. The number of aromatic nitrogens is 3. The van der Waals surface area contributed by atoms with Crippen LogP contribution in [-0.2, 0) is 0 Å². The van der Waals surface area contributed by atoms with E-state index in [4.69, 9.17) is 15.0 Å². The highest BCUT2D eigenvalue weighted by atomic mass is 15.0. The van der Waals surface area contributed by atoms with Crippen LogP contribution in [0.15, 0.2) is 218 Å². The summed E-state index contributed by atoms with van der Waals surface area (Å²) in [5.74, 6) is 2.17. The molecule has 0 bridgehead atoms. The third kappa shape index (κ3) is 6.47. The normalized spacial score (nSPS) is 13.8. The number of rotatable bonds is 7. The summed E-state index contributed by atoms with van der Waals surface area (Å²) in [4.78, 5) is 15.8. The molecule has 0 saturated carbocycles. The van der Waals surface area contributed by atoms with Crippen LogP contribution in [0.25, 0.3) is 94.0 Å². The summed E-state index contributed by atoms with van der Waals surface area (Å²) in [6, 6.07) is 71.4. The van der Waals surface area contributed by atoms with Crippen LogP contribution in [-0.4, -0.2) is 15.0 Å². The van der Waals surface area contributed by atoms with Gasteiger partial charge < -0.3 is 0 Å². The van der Waals surface area contributed by atoms with Gasteiger partial charge in [0.1, 0.15) is 0 Å². The lowest BCUT2D eigenvalue weighted by atomic mass is 9.88. The van der Waals surface area contributed by atoms with Gasteiger partial charge >= 0.3 is 0 Å². The Balaban J connectivity index is 1.08. The standard InChI is InChI=1S/C57H39N3/c1-3-17-38(18-4-1)40-21-15-23-43(35-40)55-58-56(44-24-16-22-41(36-44)39-19-5-2-6-20-39)60-57(59-55)53-32-14-13-30-50(53)46-26-8-7-25-45(46)42-33-34-52-49-29-10-9-27-47(49)48-28-11-12-31-51(48)54(52)37-42/h1-21,23-37,41H,22H2. The fourth-order valence-corrected chi connectivity index (χ4v) is 8.94. The zero-order valence-corrected chi connectivity index (χ0v) is 32.9. The van der Waals surface area contributed by atoms with Crippen molar-refractivity contribution in [2.75, 3.05) is 0 Å². The van der Waals surface area contributed by atoms with Crippen molar-refractivity contribution in [3.8, 4) is 56.2 Å². The Labute approximate surface area is 349 Å². The molecule has 3 heteroatoms. The highest BCUT2D eigenvalue weighted by Crippen LogP contribution is 2.42. The van der Waals surface area contributed by atoms with Crippen molar-refractivity contribution in [2.24, 2.45) is 0 Å². The maximum absolute atomic E-state index is 5.31. The van der Waals surface area contributed by atoms with Crippen LogP contribution in [0.4, 0.5) is 0 Å². The predicted octanol–water partition coefficient (Wildman–Crippen LogP) is 14.8. The quantitative estimate of drug-likeness (QED) is 0.152. The molecule has 1 aliphatic carbocycles. The lowest BCUT2D eigenvalue weighted by molar-refractivity contribution is 0.854. The van der Waals surface area contributed by atoms with E-state index in [9.17, 15) is 0 Å². The maximum Gasteiger partial charge on any atom is 0.164 e.